The number of amides is 1. The Hall–Kier alpha value is -2.52. The molecule has 0 aliphatic carbocycles. The third-order valence-electron chi connectivity index (χ3n) is 1.73. The van der Waals surface area contributed by atoms with E-state index < -0.39 is 0 Å². The highest BCUT2D eigenvalue weighted by Crippen LogP contribution is 2.08. The molecule has 2 aromatic heterocycles. The van der Waals surface area contributed by atoms with Crippen molar-refractivity contribution in [3.63, 3.8) is 0 Å². The minimum absolute atomic E-state index is 0.0792. The molecular formula is C6H8N8O2. The van der Waals surface area contributed by atoms with Crippen LogP contribution in [0.2, 0.25) is 0 Å². The standard InChI is InChI=1S/C6H8N8O2/c1-7-6(15)4-5(11-16-10-4)8-2-14-3-9-12-13-14/h3H,2H2,1H3,(H,7,15)(H,8,11). The van der Waals surface area contributed by atoms with Crippen molar-refractivity contribution in [1.82, 2.24) is 35.8 Å². The van der Waals surface area contributed by atoms with Gasteiger partial charge in [0.15, 0.2) is 0 Å². The van der Waals surface area contributed by atoms with Crippen molar-refractivity contribution in [1.29, 1.82) is 0 Å². The van der Waals surface area contributed by atoms with Gasteiger partial charge >= 0.3 is 0 Å². The lowest BCUT2D eigenvalue weighted by Gasteiger charge is -2.01. The number of tetrazole rings is 1. The van der Waals surface area contributed by atoms with Gasteiger partial charge < -0.3 is 10.6 Å². The van der Waals surface area contributed by atoms with Crippen molar-refractivity contribution in [2.75, 3.05) is 12.4 Å². The molecule has 0 aliphatic heterocycles. The van der Waals surface area contributed by atoms with Crippen LogP contribution in [0.1, 0.15) is 10.5 Å². The number of rotatable bonds is 4. The number of nitrogens with zero attached hydrogens (tertiary/aromatic N) is 6. The first-order valence-corrected chi connectivity index (χ1v) is 4.30. The number of carbonyl (C=O) groups excluding carboxylic acids is 1. The summed E-state index contributed by atoms with van der Waals surface area (Å²) in [6.07, 6.45) is 1.42. The first-order valence-electron chi connectivity index (χ1n) is 4.30. The van der Waals surface area contributed by atoms with E-state index in [4.69, 9.17) is 0 Å². The normalized spacial score (nSPS) is 10.1. The van der Waals surface area contributed by atoms with Gasteiger partial charge in [0.25, 0.3) is 5.91 Å². The van der Waals surface area contributed by atoms with Gasteiger partial charge in [0.2, 0.25) is 11.5 Å². The molecule has 1 amide bonds. The van der Waals surface area contributed by atoms with Gasteiger partial charge in [-0.1, -0.05) is 0 Å². The number of nitrogens with one attached hydrogen (secondary N) is 2. The van der Waals surface area contributed by atoms with Crippen LogP contribution in [0.4, 0.5) is 5.82 Å². The second kappa shape index (κ2) is 4.33. The van der Waals surface area contributed by atoms with E-state index in [2.05, 4.69) is 41.1 Å². The van der Waals surface area contributed by atoms with E-state index in [1.165, 1.54) is 18.1 Å². The van der Waals surface area contributed by atoms with Gasteiger partial charge in [-0.3, -0.25) is 4.79 Å². The Morgan fingerprint density at radius 1 is 1.56 bits per heavy atom. The average Bonchev–Trinajstić information content (AvgIpc) is 2.96. The van der Waals surface area contributed by atoms with Gasteiger partial charge in [-0.05, 0) is 20.7 Å². The average molecular weight is 224 g/mol. The Balaban J connectivity index is 2.04. The number of anilines is 1. The lowest BCUT2D eigenvalue weighted by molar-refractivity contribution is 0.0954. The highest BCUT2D eigenvalue weighted by Gasteiger charge is 2.16. The molecule has 0 aliphatic rings. The fourth-order valence-corrected chi connectivity index (χ4v) is 0.981. The van der Waals surface area contributed by atoms with E-state index in [-0.39, 0.29) is 24.1 Å². The quantitative estimate of drug-likeness (QED) is 0.642. The van der Waals surface area contributed by atoms with Gasteiger partial charge in [0.05, 0.1) is 0 Å². The first kappa shape index (κ1) is 10.0. The van der Waals surface area contributed by atoms with Crippen LogP contribution in [-0.2, 0) is 6.67 Å². The van der Waals surface area contributed by atoms with Crippen LogP contribution in [-0.4, -0.2) is 43.5 Å². The van der Waals surface area contributed by atoms with Crippen molar-refractivity contribution >= 4 is 11.7 Å². The van der Waals surface area contributed by atoms with Gasteiger partial charge in [-0.25, -0.2) is 9.31 Å². The maximum absolute atomic E-state index is 11.3. The zero-order valence-electron chi connectivity index (χ0n) is 8.28. The molecule has 0 aromatic carbocycles. The van der Waals surface area contributed by atoms with Crippen LogP contribution < -0.4 is 10.6 Å². The summed E-state index contributed by atoms with van der Waals surface area (Å²) >= 11 is 0. The summed E-state index contributed by atoms with van der Waals surface area (Å²) in [6.45, 7) is 0.255. The molecule has 2 heterocycles. The Bertz CT molecular complexity index is 463. The smallest absolute Gasteiger partial charge is 0.277 e. The van der Waals surface area contributed by atoms with Gasteiger partial charge in [0, 0.05) is 7.05 Å². The fourth-order valence-electron chi connectivity index (χ4n) is 0.981. The van der Waals surface area contributed by atoms with E-state index in [0.29, 0.717) is 0 Å². The van der Waals surface area contributed by atoms with Crippen LogP contribution in [0.5, 0.6) is 0 Å². The summed E-state index contributed by atoms with van der Waals surface area (Å²) in [5.41, 5.74) is 0.0792. The molecule has 0 saturated heterocycles. The van der Waals surface area contributed by atoms with Crippen molar-refractivity contribution in [3.05, 3.63) is 12.0 Å². The summed E-state index contributed by atoms with van der Waals surface area (Å²) < 4.78 is 5.87. The zero-order valence-corrected chi connectivity index (χ0v) is 8.28. The molecule has 0 bridgehead atoms. The first-order chi connectivity index (χ1) is 7.81. The molecule has 16 heavy (non-hydrogen) atoms. The summed E-state index contributed by atoms with van der Waals surface area (Å²) in [6, 6.07) is 0. The van der Waals surface area contributed by atoms with E-state index in [1.54, 1.807) is 0 Å². The maximum atomic E-state index is 11.3. The zero-order chi connectivity index (χ0) is 11.4. The second-order valence-corrected chi connectivity index (χ2v) is 2.72. The van der Waals surface area contributed by atoms with Gasteiger partial charge in [-0.2, -0.15) is 0 Å². The topological polar surface area (TPSA) is 124 Å². The minimum atomic E-state index is -0.388. The molecule has 0 spiro atoms. The molecule has 10 heteroatoms. The summed E-state index contributed by atoms with van der Waals surface area (Å²) in [4.78, 5) is 11.3. The molecule has 0 fully saturated rings. The van der Waals surface area contributed by atoms with E-state index >= 15 is 0 Å². The van der Waals surface area contributed by atoms with Crippen molar-refractivity contribution < 1.29 is 9.42 Å². The van der Waals surface area contributed by atoms with Crippen LogP contribution in [0.25, 0.3) is 0 Å². The number of hydrogen-bond acceptors (Lipinski definition) is 8. The largest absolute Gasteiger partial charge is 0.354 e. The predicted octanol–water partition coefficient (Wildman–Crippen LogP) is -1.51. The van der Waals surface area contributed by atoms with Gasteiger partial charge in [-0.15, -0.1) is 5.10 Å². The number of hydrogen-bond donors (Lipinski definition) is 2. The summed E-state index contributed by atoms with van der Waals surface area (Å²) in [5.74, 6) is -0.157. The Kier molecular flexibility index (Phi) is 2.71. The highest BCUT2D eigenvalue weighted by molar-refractivity contribution is 5.96. The molecule has 10 nitrogen and oxygen atoms in total. The Labute approximate surface area is 89.0 Å². The lowest BCUT2D eigenvalue weighted by Crippen LogP contribution is -2.20. The summed E-state index contributed by atoms with van der Waals surface area (Å²) in [7, 11) is 1.49. The monoisotopic (exact) mass is 224 g/mol. The maximum Gasteiger partial charge on any atom is 0.277 e. The van der Waals surface area contributed by atoms with Crippen LogP contribution >= 0.6 is 0 Å². The van der Waals surface area contributed by atoms with E-state index in [9.17, 15) is 4.79 Å². The molecule has 0 saturated carbocycles. The Morgan fingerprint density at radius 2 is 2.44 bits per heavy atom. The van der Waals surface area contributed by atoms with Crippen molar-refractivity contribution in [2.24, 2.45) is 0 Å². The second-order valence-electron chi connectivity index (χ2n) is 2.72. The molecule has 0 atom stereocenters. The van der Waals surface area contributed by atoms with Crippen LogP contribution in [0, 0.1) is 0 Å². The molecule has 84 valence electrons. The van der Waals surface area contributed by atoms with Crippen molar-refractivity contribution in [2.45, 2.75) is 6.67 Å². The van der Waals surface area contributed by atoms with E-state index in [0.717, 1.165) is 0 Å². The molecule has 0 radical (unpaired) electrons. The number of carbonyl (C=O) groups is 1. The molecular weight excluding hydrogens is 216 g/mol. The minimum Gasteiger partial charge on any atom is -0.354 e. The van der Waals surface area contributed by atoms with Crippen LogP contribution in [0.3, 0.4) is 0 Å². The van der Waals surface area contributed by atoms with Gasteiger partial charge in [0.1, 0.15) is 13.0 Å². The summed E-state index contributed by atoms with van der Waals surface area (Å²) in [5, 5.41) is 22.7. The van der Waals surface area contributed by atoms with E-state index in [1.807, 2.05) is 0 Å². The lowest BCUT2D eigenvalue weighted by atomic mass is 10.4. The van der Waals surface area contributed by atoms with Crippen molar-refractivity contribution in [3.8, 4) is 0 Å². The van der Waals surface area contributed by atoms with Crippen LogP contribution in [0.15, 0.2) is 11.0 Å². The predicted molar refractivity (Wildman–Crippen MR) is 49.1 cm³/mol. The molecule has 2 N–H and O–H groups in total. The molecule has 0 unspecified atom stereocenters. The SMILES string of the molecule is CNC(=O)c1nonc1NCn1cnnn1. The third-order valence-corrected chi connectivity index (χ3v) is 1.73. The molecule has 2 rings (SSSR count). The highest BCUT2D eigenvalue weighted by atomic mass is 16.6. The Morgan fingerprint density at radius 3 is 3.12 bits per heavy atom. The third kappa shape index (κ3) is 1.94. The number of aromatic nitrogens is 6. The molecule has 2 aromatic rings. The fraction of sp³-hybridized carbons (Fsp3) is 0.333.